The molecule has 0 amide bonds. The molecule has 0 saturated carbocycles. The van der Waals surface area contributed by atoms with Gasteiger partial charge in [0.25, 0.3) is 0 Å². The number of nitrogens with one attached hydrogen (secondary N) is 3. The van der Waals surface area contributed by atoms with Crippen molar-refractivity contribution in [3.05, 3.63) is 0 Å². The Labute approximate surface area is 135 Å². The van der Waals surface area contributed by atoms with Crippen LogP contribution >= 0.6 is 23.5 Å². The first-order valence-corrected chi connectivity index (χ1v) is 8.59. The Kier molecular flexibility index (Phi) is 11.9. The van der Waals surface area contributed by atoms with E-state index in [1.807, 2.05) is 27.7 Å². The first kappa shape index (κ1) is 19.9. The summed E-state index contributed by atoms with van der Waals surface area (Å²) < 4.78 is 0. The van der Waals surface area contributed by atoms with Gasteiger partial charge in [-0.25, -0.2) is 4.99 Å². The number of nitrogens with zero attached hydrogens (tertiary/aromatic N) is 3. The highest BCUT2D eigenvalue weighted by atomic mass is 32.2. The van der Waals surface area contributed by atoms with Gasteiger partial charge in [-0.3, -0.25) is 20.8 Å². The Morgan fingerprint density at radius 3 is 2.05 bits per heavy atom. The van der Waals surface area contributed by atoms with Gasteiger partial charge < -0.3 is 5.32 Å². The molecular weight excluding hydrogens is 304 g/mol. The van der Waals surface area contributed by atoms with E-state index in [-0.39, 0.29) is 0 Å². The topological polar surface area (TPSA) is 96.8 Å². The maximum absolute atomic E-state index is 7.69. The molecule has 21 heavy (non-hydrogen) atoms. The molecule has 0 aliphatic carbocycles. The molecule has 0 aromatic rings. The van der Waals surface area contributed by atoms with Crippen LogP contribution in [-0.4, -0.2) is 39.9 Å². The fourth-order valence-electron chi connectivity index (χ4n) is 1.000. The molecule has 0 rings (SSSR count). The minimum atomic E-state index is 0.531. The number of hydrogen-bond acceptors (Lipinski definition) is 6. The molecule has 0 bridgehead atoms. The molecule has 8 heteroatoms. The lowest BCUT2D eigenvalue weighted by Crippen LogP contribution is -2.21. The normalized spacial score (nSPS) is 12.8. The van der Waals surface area contributed by atoms with Crippen LogP contribution < -0.4 is 5.32 Å². The van der Waals surface area contributed by atoms with Crippen LogP contribution in [0.4, 0.5) is 0 Å². The van der Waals surface area contributed by atoms with Crippen molar-refractivity contribution in [3.63, 3.8) is 0 Å². The largest absolute Gasteiger partial charge is 0.325 e. The third-order valence-corrected chi connectivity index (χ3v) is 3.96. The third kappa shape index (κ3) is 10.3. The van der Waals surface area contributed by atoms with Crippen molar-refractivity contribution in [1.29, 1.82) is 10.8 Å². The van der Waals surface area contributed by atoms with Gasteiger partial charge in [0, 0.05) is 13.1 Å². The molecule has 0 unspecified atom stereocenters. The molecule has 0 spiro atoms. The number of rotatable bonds is 5. The molecule has 0 atom stereocenters. The average Bonchev–Trinajstić information content (AvgIpc) is 2.47. The van der Waals surface area contributed by atoms with E-state index in [2.05, 4.69) is 20.3 Å². The van der Waals surface area contributed by atoms with Crippen LogP contribution in [-0.2, 0) is 0 Å². The Morgan fingerprint density at radius 2 is 1.52 bits per heavy atom. The maximum Gasteiger partial charge on any atom is 0.190 e. The molecule has 0 aliphatic rings. The van der Waals surface area contributed by atoms with Gasteiger partial charge in [0.15, 0.2) is 10.3 Å². The van der Waals surface area contributed by atoms with Gasteiger partial charge in [-0.1, -0.05) is 13.8 Å². The van der Waals surface area contributed by atoms with E-state index in [0.29, 0.717) is 46.4 Å². The molecule has 0 fully saturated rings. The average molecular weight is 329 g/mol. The summed E-state index contributed by atoms with van der Waals surface area (Å²) >= 11 is 2.55. The predicted molar refractivity (Wildman–Crippen MR) is 98.8 cm³/mol. The van der Waals surface area contributed by atoms with Crippen LogP contribution in [0.25, 0.3) is 0 Å². The maximum atomic E-state index is 7.69. The molecule has 0 radical (unpaired) electrons. The highest BCUT2D eigenvalue weighted by Crippen LogP contribution is 2.10. The highest BCUT2D eigenvalue weighted by Gasteiger charge is 2.03. The van der Waals surface area contributed by atoms with Gasteiger partial charge in [-0.2, -0.15) is 0 Å². The molecule has 0 saturated heterocycles. The lowest BCUT2D eigenvalue weighted by Gasteiger charge is -2.05. The molecule has 118 valence electrons. The van der Waals surface area contributed by atoms with Gasteiger partial charge in [-0.15, -0.1) is 0 Å². The SMILES string of the molecule is CCN=C(/N=C/NC(=NCC)SC(=N)CC)SC(=N)CC. The number of aliphatic imine (C=N–C) groups is 3. The summed E-state index contributed by atoms with van der Waals surface area (Å²) in [5, 5.41) is 20.6. The van der Waals surface area contributed by atoms with Crippen molar-refractivity contribution in [1.82, 2.24) is 5.32 Å². The number of thioether (sulfide) groups is 2. The second-order valence-corrected chi connectivity index (χ2v) is 5.84. The van der Waals surface area contributed by atoms with Crippen LogP contribution in [0.5, 0.6) is 0 Å². The summed E-state index contributed by atoms with van der Waals surface area (Å²) in [6, 6.07) is 0. The summed E-state index contributed by atoms with van der Waals surface area (Å²) in [6.45, 7) is 9.01. The number of amidine groups is 2. The second kappa shape index (κ2) is 12.6. The molecule has 0 aromatic heterocycles. The monoisotopic (exact) mass is 328 g/mol. The van der Waals surface area contributed by atoms with Crippen molar-refractivity contribution in [2.24, 2.45) is 15.0 Å². The zero-order chi connectivity index (χ0) is 16.1. The van der Waals surface area contributed by atoms with Gasteiger partial charge in [0.05, 0.1) is 16.4 Å². The standard InChI is InChI=1S/C13H24N6S2/c1-5-10(14)20-12(16-7-3)18-9-19-13(17-8-4)21-11(15)6-2/h9,14-15H,5-8H2,1-4H3,(H,16,17,18,19). The first-order chi connectivity index (χ1) is 10.1. The van der Waals surface area contributed by atoms with Crippen LogP contribution in [0.3, 0.4) is 0 Å². The van der Waals surface area contributed by atoms with Crippen molar-refractivity contribution in [2.45, 2.75) is 40.5 Å². The van der Waals surface area contributed by atoms with Crippen molar-refractivity contribution >= 4 is 50.3 Å². The summed E-state index contributed by atoms with van der Waals surface area (Å²) in [4.78, 5) is 12.8. The second-order valence-electron chi connectivity index (χ2n) is 3.70. The van der Waals surface area contributed by atoms with E-state index >= 15 is 0 Å². The quantitative estimate of drug-likeness (QED) is 0.531. The summed E-state index contributed by atoms with van der Waals surface area (Å²) in [7, 11) is 0. The highest BCUT2D eigenvalue weighted by molar-refractivity contribution is 8.26. The lowest BCUT2D eigenvalue weighted by molar-refractivity contribution is 1.12. The lowest BCUT2D eigenvalue weighted by atomic mass is 10.5. The van der Waals surface area contributed by atoms with E-state index < -0.39 is 0 Å². The van der Waals surface area contributed by atoms with Crippen LogP contribution in [0.1, 0.15) is 40.5 Å². The fraction of sp³-hybridized carbons (Fsp3) is 0.615. The molecule has 3 N–H and O–H groups in total. The smallest absolute Gasteiger partial charge is 0.190 e. The fourth-order valence-corrected chi connectivity index (χ4v) is 2.35. The van der Waals surface area contributed by atoms with Crippen molar-refractivity contribution < 1.29 is 0 Å². The molecule has 6 nitrogen and oxygen atoms in total. The van der Waals surface area contributed by atoms with Gasteiger partial charge in [-0.05, 0) is 50.2 Å². The van der Waals surface area contributed by atoms with E-state index in [4.69, 9.17) is 10.8 Å². The van der Waals surface area contributed by atoms with Gasteiger partial charge >= 0.3 is 0 Å². The minimum absolute atomic E-state index is 0.531. The predicted octanol–water partition coefficient (Wildman–Crippen LogP) is 3.60. The Hall–Kier alpha value is -1.15. The zero-order valence-electron chi connectivity index (χ0n) is 13.1. The third-order valence-electron chi connectivity index (χ3n) is 2.03. The molecule has 0 heterocycles. The summed E-state index contributed by atoms with van der Waals surface area (Å²) in [6.07, 6.45) is 2.87. The van der Waals surface area contributed by atoms with Crippen LogP contribution in [0.15, 0.2) is 15.0 Å². The molecule has 0 aromatic carbocycles. The van der Waals surface area contributed by atoms with Crippen LogP contribution in [0.2, 0.25) is 0 Å². The van der Waals surface area contributed by atoms with Gasteiger partial charge in [0.2, 0.25) is 0 Å². The van der Waals surface area contributed by atoms with Gasteiger partial charge in [0.1, 0.15) is 0 Å². The van der Waals surface area contributed by atoms with E-state index in [1.165, 1.54) is 29.9 Å². The Balaban J connectivity index is 4.66. The number of hydrogen-bond donors (Lipinski definition) is 3. The zero-order valence-corrected chi connectivity index (χ0v) is 14.7. The Bertz CT molecular complexity index is 428. The van der Waals surface area contributed by atoms with Crippen molar-refractivity contribution in [3.8, 4) is 0 Å². The Morgan fingerprint density at radius 1 is 0.952 bits per heavy atom. The van der Waals surface area contributed by atoms with E-state index in [1.54, 1.807) is 0 Å². The van der Waals surface area contributed by atoms with E-state index in [9.17, 15) is 0 Å². The molecule has 0 aliphatic heterocycles. The van der Waals surface area contributed by atoms with Crippen LogP contribution in [0, 0.1) is 10.8 Å². The molecular formula is C13H24N6S2. The minimum Gasteiger partial charge on any atom is -0.325 e. The van der Waals surface area contributed by atoms with E-state index in [0.717, 1.165) is 0 Å². The summed E-state index contributed by atoms with van der Waals surface area (Å²) in [5.74, 6) is 0. The first-order valence-electron chi connectivity index (χ1n) is 6.95. The summed E-state index contributed by atoms with van der Waals surface area (Å²) in [5.41, 5.74) is 0. The van der Waals surface area contributed by atoms with Crippen molar-refractivity contribution in [2.75, 3.05) is 13.1 Å².